The van der Waals surface area contributed by atoms with Crippen molar-refractivity contribution in [3.8, 4) is 0 Å². The maximum Gasteiger partial charge on any atom is 0.240 e. The Balaban J connectivity index is 2.13. The van der Waals surface area contributed by atoms with E-state index in [4.69, 9.17) is 10.5 Å². The summed E-state index contributed by atoms with van der Waals surface area (Å²) in [5.41, 5.74) is 6.48. The molecule has 5 nitrogen and oxygen atoms in total. The van der Waals surface area contributed by atoms with E-state index in [-0.39, 0.29) is 28.5 Å². The van der Waals surface area contributed by atoms with Gasteiger partial charge < -0.3 is 10.5 Å². The molecule has 3 atom stereocenters. The third kappa shape index (κ3) is 3.13. The molecular weight excluding hydrogens is 288 g/mol. The number of hydrogen-bond acceptors (Lipinski definition) is 4. The van der Waals surface area contributed by atoms with Crippen molar-refractivity contribution >= 4 is 10.0 Å². The standard InChI is InChI=1S/C15H24N2O3S/c1-10(16)11-5-7-12(8-6-11)21(18,19)17-13-9-14(20-4)15(13,2)3/h5-8,10,13-14,17H,9,16H2,1-4H3. The van der Waals surface area contributed by atoms with Crippen LogP contribution < -0.4 is 10.5 Å². The summed E-state index contributed by atoms with van der Waals surface area (Å²) in [5.74, 6) is 0. The highest BCUT2D eigenvalue weighted by molar-refractivity contribution is 7.89. The van der Waals surface area contributed by atoms with Crippen molar-refractivity contribution in [2.24, 2.45) is 11.1 Å². The van der Waals surface area contributed by atoms with Gasteiger partial charge in [0.1, 0.15) is 0 Å². The van der Waals surface area contributed by atoms with Crippen LogP contribution in [0.5, 0.6) is 0 Å². The van der Waals surface area contributed by atoms with Gasteiger partial charge in [0, 0.05) is 24.6 Å². The molecule has 1 aromatic carbocycles. The molecule has 1 aliphatic rings. The Labute approximate surface area is 126 Å². The van der Waals surface area contributed by atoms with Crippen molar-refractivity contribution in [3.63, 3.8) is 0 Å². The van der Waals surface area contributed by atoms with Crippen molar-refractivity contribution in [3.05, 3.63) is 29.8 Å². The van der Waals surface area contributed by atoms with Crippen LogP contribution in [0.2, 0.25) is 0 Å². The third-order valence-electron chi connectivity index (χ3n) is 4.48. The first-order valence-electron chi connectivity index (χ1n) is 7.09. The Morgan fingerprint density at radius 1 is 1.33 bits per heavy atom. The number of hydrogen-bond donors (Lipinski definition) is 2. The van der Waals surface area contributed by atoms with Crippen LogP contribution in [0.3, 0.4) is 0 Å². The van der Waals surface area contributed by atoms with Gasteiger partial charge in [0.2, 0.25) is 10.0 Å². The van der Waals surface area contributed by atoms with Gasteiger partial charge in [0.05, 0.1) is 11.0 Å². The summed E-state index contributed by atoms with van der Waals surface area (Å²) in [4.78, 5) is 0.267. The van der Waals surface area contributed by atoms with Crippen LogP contribution in [0.25, 0.3) is 0 Å². The van der Waals surface area contributed by atoms with Crippen LogP contribution in [0.1, 0.15) is 38.8 Å². The smallest absolute Gasteiger partial charge is 0.240 e. The summed E-state index contributed by atoms with van der Waals surface area (Å²) < 4.78 is 33.0. The average Bonchev–Trinajstić information content (AvgIpc) is 2.43. The second-order valence-corrected chi connectivity index (χ2v) is 8.03. The second-order valence-electron chi connectivity index (χ2n) is 6.31. The minimum atomic E-state index is -3.51. The van der Waals surface area contributed by atoms with E-state index in [2.05, 4.69) is 4.72 Å². The maximum absolute atomic E-state index is 12.4. The molecule has 3 unspecified atom stereocenters. The van der Waals surface area contributed by atoms with E-state index < -0.39 is 10.0 Å². The minimum absolute atomic E-state index is 0.0886. The number of rotatable bonds is 5. The second kappa shape index (κ2) is 5.68. The van der Waals surface area contributed by atoms with Gasteiger partial charge in [0.25, 0.3) is 0 Å². The molecule has 0 saturated heterocycles. The predicted octanol–water partition coefficient (Wildman–Crippen LogP) is 1.80. The van der Waals surface area contributed by atoms with Crippen LogP contribution in [0.15, 0.2) is 29.2 Å². The van der Waals surface area contributed by atoms with Crippen LogP contribution in [0, 0.1) is 5.41 Å². The van der Waals surface area contributed by atoms with Crippen molar-refractivity contribution in [1.29, 1.82) is 0 Å². The first-order chi connectivity index (χ1) is 9.68. The summed E-state index contributed by atoms with van der Waals surface area (Å²) >= 11 is 0. The summed E-state index contributed by atoms with van der Waals surface area (Å²) in [6.45, 7) is 5.89. The fourth-order valence-electron chi connectivity index (χ4n) is 2.69. The summed E-state index contributed by atoms with van der Waals surface area (Å²) in [5, 5.41) is 0. The fraction of sp³-hybridized carbons (Fsp3) is 0.600. The van der Waals surface area contributed by atoms with Crippen LogP contribution in [-0.2, 0) is 14.8 Å². The first kappa shape index (κ1) is 16.4. The van der Waals surface area contributed by atoms with E-state index in [1.54, 1.807) is 31.4 Å². The molecule has 0 heterocycles. The molecule has 0 amide bonds. The maximum atomic E-state index is 12.4. The topological polar surface area (TPSA) is 81.4 Å². The molecule has 0 bridgehead atoms. The van der Waals surface area contributed by atoms with Gasteiger partial charge in [-0.3, -0.25) is 0 Å². The molecule has 6 heteroatoms. The first-order valence-corrected chi connectivity index (χ1v) is 8.57. The quantitative estimate of drug-likeness (QED) is 0.868. The van der Waals surface area contributed by atoms with Gasteiger partial charge in [-0.1, -0.05) is 26.0 Å². The number of nitrogens with two attached hydrogens (primary N) is 1. The largest absolute Gasteiger partial charge is 0.381 e. The predicted molar refractivity (Wildman–Crippen MR) is 82.3 cm³/mol. The minimum Gasteiger partial charge on any atom is -0.381 e. The Morgan fingerprint density at radius 2 is 1.90 bits per heavy atom. The Kier molecular flexibility index (Phi) is 4.44. The molecule has 0 spiro atoms. The molecule has 0 aliphatic heterocycles. The number of benzene rings is 1. The zero-order valence-corrected chi connectivity index (χ0v) is 13.8. The number of nitrogens with one attached hydrogen (secondary N) is 1. The monoisotopic (exact) mass is 312 g/mol. The van der Waals surface area contributed by atoms with Crippen molar-refractivity contribution in [2.45, 2.75) is 50.3 Å². The van der Waals surface area contributed by atoms with E-state index in [0.29, 0.717) is 6.42 Å². The zero-order valence-electron chi connectivity index (χ0n) is 13.0. The number of ether oxygens (including phenoxy) is 1. The lowest BCUT2D eigenvalue weighted by molar-refractivity contribution is -0.0908. The lowest BCUT2D eigenvalue weighted by atomic mass is 9.65. The summed E-state index contributed by atoms with van der Waals surface area (Å²) in [6.07, 6.45) is 0.784. The van der Waals surface area contributed by atoms with Crippen LogP contribution in [-0.4, -0.2) is 27.7 Å². The van der Waals surface area contributed by atoms with Crippen LogP contribution in [0.4, 0.5) is 0 Å². The summed E-state index contributed by atoms with van der Waals surface area (Å²) in [7, 11) is -1.86. The molecule has 1 aliphatic carbocycles. The zero-order chi connectivity index (χ0) is 15.8. The molecule has 118 valence electrons. The fourth-order valence-corrected chi connectivity index (χ4v) is 4.10. The molecule has 3 N–H and O–H groups in total. The Morgan fingerprint density at radius 3 is 2.33 bits per heavy atom. The highest BCUT2D eigenvalue weighted by Gasteiger charge is 2.50. The molecule has 21 heavy (non-hydrogen) atoms. The van der Waals surface area contributed by atoms with Gasteiger partial charge in [0.15, 0.2) is 0 Å². The van der Waals surface area contributed by atoms with Gasteiger partial charge in [-0.25, -0.2) is 13.1 Å². The highest BCUT2D eigenvalue weighted by Crippen LogP contribution is 2.43. The highest BCUT2D eigenvalue weighted by atomic mass is 32.2. The summed E-state index contributed by atoms with van der Waals surface area (Å²) in [6, 6.07) is 6.48. The van der Waals surface area contributed by atoms with E-state index in [0.717, 1.165) is 5.56 Å². The SMILES string of the molecule is COC1CC(NS(=O)(=O)c2ccc(C(C)N)cc2)C1(C)C. The van der Waals surface area contributed by atoms with Crippen LogP contribution >= 0.6 is 0 Å². The molecule has 0 radical (unpaired) electrons. The lowest BCUT2D eigenvalue weighted by Gasteiger charge is -2.50. The van der Waals surface area contributed by atoms with E-state index in [1.165, 1.54) is 0 Å². The third-order valence-corrected chi connectivity index (χ3v) is 5.96. The molecule has 1 fully saturated rings. The lowest BCUT2D eigenvalue weighted by Crippen LogP contribution is -2.61. The molecule has 2 rings (SSSR count). The molecule has 1 aromatic rings. The normalized spacial score (nSPS) is 26.1. The Hall–Kier alpha value is -0.950. The van der Waals surface area contributed by atoms with Gasteiger partial charge in [-0.05, 0) is 31.0 Å². The number of sulfonamides is 1. The molecule has 0 aromatic heterocycles. The van der Waals surface area contributed by atoms with E-state index in [9.17, 15) is 8.42 Å². The Bertz CT molecular complexity index is 594. The molecule has 1 saturated carbocycles. The van der Waals surface area contributed by atoms with Gasteiger partial charge in [-0.15, -0.1) is 0 Å². The van der Waals surface area contributed by atoms with E-state index in [1.807, 2.05) is 20.8 Å². The van der Waals surface area contributed by atoms with Crippen molar-refractivity contribution in [2.75, 3.05) is 7.11 Å². The number of methoxy groups -OCH3 is 1. The average molecular weight is 312 g/mol. The van der Waals surface area contributed by atoms with Crippen molar-refractivity contribution in [1.82, 2.24) is 4.72 Å². The van der Waals surface area contributed by atoms with E-state index >= 15 is 0 Å². The van der Waals surface area contributed by atoms with Crippen molar-refractivity contribution < 1.29 is 13.2 Å². The molecular formula is C15H24N2O3S. The van der Waals surface area contributed by atoms with Gasteiger partial charge >= 0.3 is 0 Å². The van der Waals surface area contributed by atoms with Gasteiger partial charge in [-0.2, -0.15) is 0 Å².